The van der Waals surface area contributed by atoms with E-state index in [4.69, 9.17) is 10.5 Å². The minimum atomic E-state index is -0.275. The van der Waals surface area contributed by atoms with Crippen molar-refractivity contribution in [3.8, 4) is 0 Å². The summed E-state index contributed by atoms with van der Waals surface area (Å²) in [6.45, 7) is 0.368. The maximum Gasteiger partial charge on any atom is 0.338 e. The molecule has 0 aromatic heterocycles. The van der Waals surface area contributed by atoms with Crippen LogP contribution in [0.1, 0.15) is 15.9 Å². The fourth-order valence-corrected chi connectivity index (χ4v) is 2.10. The number of carbonyl (C=O) groups excluding carboxylic acids is 1. The topological polar surface area (TPSA) is 52.3 Å². The quantitative estimate of drug-likeness (QED) is 0.774. The largest absolute Gasteiger partial charge is 0.457 e. The zero-order valence-electron chi connectivity index (χ0n) is 7.50. The zero-order chi connectivity index (χ0) is 10.1. The number of hydrogen-bond donors (Lipinski definition) is 1. The summed E-state index contributed by atoms with van der Waals surface area (Å²) >= 11 is 3.42. The number of rotatable bonds is 1. The summed E-state index contributed by atoms with van der Waals surface area (Å²) < 4.78 is 6.08. The van der Waals surface area contributed by atoms with Crippen LogP contribution in [0.5, 0.6) is 0 Å². The number of carbonyl (C=O) groups is 1. The second-order valence-electron chi connectivity index (χ2n) is 3.23. The molecule has 0 spiro atoms. The Bertz CT molecular complexity index is 378. The number of halogens is 1. The first-order chi connectivity index (χ1) is 6.72. The SMILES string of the molecule is NCC1Cc2c(Br)cccc2C(=O)O1. The molecule has 1 aromatic carbocycles. The van der Waals surface area contributed by atoms with Crippen LogP contribution in [0.2, 0.25) is 0 Å². The van der Waals surface area contributed by atoms with Gasteiger partial charge in [0.1, 0.15) is 6.10 Å². The number of nitrogens with two attached hydrogens (primary N) is 1. The second kappa shape index (κ2) is 3.71. The molecule has 0 bridgehead atoms. The number of hydrogen-bond acceptors (Lipinski definition) is 3. The Morgan fingerprint density at radius 1 is 1.57 bits per heavy atom. The molecule has 0 aliphatic carbocycles. The van der Waals surface area contributed by atoms with Gasteiger partial charge in [-0.15, -0.1) is 0 Å². The monoisotopic (exact) mass is 255 g/mol. The van der Waals surface area contributed by atoms with Crippen molar-refractivity contribution in [2.45, 2.75) is 12.5 Å². The van der Waals surface area contributed by atoms with E-state index in [0.29, 0.717) is 18.5 Å². The maximum atomic E-state index is 11.5. The predicted octanol–water partition coefficient (Wildman–Crippen LogP) is 1.49. The van der Waals surface area contributed by atoms with Crippen LogP contribution in [0.3, 0.4) is 0 Å². The van der Waals surface area contributed by atoms with Gasteiger partial charge in [0.25, 0.3) is 0 Å². The molecular weight excluding hydrogens is 246 g/mol. The molecule has 1 heterocycles. The van der Waals surface area contributed by atoms with Gasteiger partial charge in [0.05, 0.1) is 5.56 Å². The Morgan fingerprint density at radius 3 is 3.07 bits per heavy atom. The Kier molecular flexibility index (Phi) is 2.56. The van der Waals surface area contributed by atoms with Crippen LogP contribution in [0.25, 0.3) is 0 Å². The molecule has 0 fully saturated rings. The highest BCUT2D eigenvalue weighted by atomic mass is 79.9. The van der Waals surface area contributed by atoms with Gasteiger partial charge in [-0.25, -0.2) is 4.79 Å². The Hall–Kier alpha value is -0.870. The van der Waals surface area contributed by atoms with Crippen molar-refractivity contribution < 1.29 is 9.53 Å². The van der Waals surface area contributed by atoms with Crippen molar-refractivity contribution in [3.05, 3.63) is 33.8 Å². The highest BCUT2D eigenvalue weighted by Gasteiger charge is 2.26. The molecule has 0 saturated carbocycles. The van der Waals surface area contributed by atoms with E-state index >= 15 is 0 Å². The van der Waals surface area contributed by atoms with Crippen molar-refractivity contribution >= 4 is 21.9 Å². The van der Waals surface area contributed by atoms with Gasteiger partial charge in [-0.3, -0.25) is 0 Å². The number of fused-ring (bicyclic) bond motifs is 1. The average molecular weight is 256 g/mol. The Balaban J connectivity index is 2.45. The molecule has 1 aromatic rings. The summed E-state index contributed by atoms with van der Waals surface area (Å²) in [6.07, 6.45) is 0.507. The van der Waals surface area contributed by atoms with Gasteiger partial charge in [0, 0.05) is 17.4 Å². The summed E-state index contributed by atoms with van der Waals surface area (Å²) in [5.74, 6) is -0.275. The molecule has 1 aliphatic rings. The van der Waals surface area contributed by atoms with Gasteiger partial charge in [-0.1, -0.05) is 22.0 Å². The summed E-state index contributed by atoms with van der Waals surface area (Å²) in [5.41, 5.74) is 7.12. The van der Waals surface area contributed by atoms with Crippen LogP contribution in [0.4, 0.5) is 0 Å². The molecule has 14 heavy (non-hydrogen) atoms. The van der Waals surface area contributed by atoms with Crippen molar-refractivity contribution in [3.63, 3.8) is 0 Å². The number of esters is 1. The van der Waals surface area contributed by atoms with Crippen molar-refractivity contribution in [1.29, 1.82) is 0 Å². The van der Waals surface area contributed by atoms with Gasteiger partial charge in [0.15, 0.2) is 0 Å². The summed E-state index contributed by atoms with van der Waals surface area (Å²) in [7, 11) is 0. The predicted molar refractivity (Wildman–Crippen MR) is 56.1 cm³/mol. The lowest BCUT2D eigenvalue weighted by Gasteiger charge is -2.24. The van der Waals surface area contributed by atoms with Crippen molar-refractivity contribution in [2.75, 3.05) is 6.54 Å². The van der Waals surface area contributed by atoms with E-state index in [-0.39, 0.29) is 12.1 Å². The summed E-state index contributed by atoms with van der Waals surface area (Å²) in [6, 6.07) is 5.52. The lowest BCUT2D eigenvalue weighted by Crippen LogP contribution is -2.33. The van der Waals surface area contributed by atoms with E-state index in [1.807, 2.05) is 12.1 Å². The Labute approximate surface area is 90.4 Å². The summed E-state index contributed by atoms with van der Waals surface area (Å²) in [5, 5.41) is 0. The van der Waals surface area contributed by atoms with Crippen molar-refractivity contribution in [2.24, 2.45) is 5.73 Å². The minimum Gasteiger partial charge on any atom is -0.457 e. The first kappa shape index (κ1) is 9.68. The van der Waals surface area contributed by atoms with E-state index in [2.05, 4.69) is 15.9 Å². The zero-order valence-corrected chi connectivity index (χ0v) is 9.08. The van der Waals surface area contributed by atoms with Gasteiger partial charge in [0.2, 0.25) is 0 Å². The number of benzene rings is 1. The van der Waals surface area contributed by atoms with E-state index in [1.165, 1.54) is 0 Å². The smallest absolute Gasteiger partial charge is 0.338 e. The fraction of sp³-hybridized carbons (Fsp3) is 0.300. The third-order valence-corrected chi connectivity index (χ3v) is 3.05. The first-order valence-corrected chi connectivity index (χ1v) is 5.20. The molecule has 2 N–H and O–H groups in total. The molecule has 1 atom stereocenters. The Morgan fingerprint density at radius 2 is 2.36 bits per heavy atom. The second-order valence-corrected chi connectivity index (χ2v) is 4.09. The maximum absolute atomic E-state index is 11.5. The van der Waals surface area contributed by atoms with E-state index in [1.54, 1.807) is 6.07 Å². The number of cyclic esters (lactones) is 1. The fourth-order valence-electron chi connectivity index (χ4n) is 1.57. The van der Waals surface area contributed by atoms with Crippen LogP contribution in [0.15, 0.2) is 22.7 Å². The molecule has 2 rings (SSSR count). The molecule has 1 aliphatic heterocycles. The highest BCUT2D eigenvalue weighted by molar-refractivity contribution is 9.10. The van der Waals surface area contributed by atoms with Gasteiger partial charge >= 0.3 is 5.97 Å². The molecule has 0 saturated heterocycles. The molecule has 0 amide bonds. The lowest BCUT2D eigenvalue weighted by molar-refractivity contribution is 0.0278. The van der Waals surface area contributed by atoms with Crippen LogP contribution in [-0.2, 0) is 11.2 Å². The molecule has 4 heteroatoms. The number of ether oxygens (including phenoxy) is 1. The van der Waals surface area contributed by atoms with Crippen LogP contribution in [-0.4, -0.2) is 18.6 Å². The molecule has 3 nitrogen and oxygen atoms in total. The summed E-state index contributed by atoms with van der Waals surface area (Å²) in [4.78, 5) is 11.5. The molecule has 1 unspecified atom stereocenters. The van der Waals surface area contributed by atoms with Crippen molar-refractivity contribution in [1.82, 2.24) is 0 Å². The highest BCUT2D eigenvalue weighted by Crippen LogP contribution is 2.27. The van der Waals surface area contributed by atoms with Crippen LogP contribution >= 0.6 is 15.9 Å². The standard InChI is InChI=1S/C10H10BrNO2/c11-9-3-1-2-7-8(9)4-6(5-12)14-10(7)13/h1-3,6H,4-5,12H2. The third kappa shape index (κ3) is 1.55. The van der Waals surface area contributed by atoms with E-state index in [9.17, 15) is 4.79 Å². The van der Waals surface area contributed by atoms with Crippen LogP contribution < -0.4 is 5.73 Å². The minimum absolute atomic E-state index is 0.186. The van der Waals surface area contributed by atoms with E-state index in [0.717, 1.165) is 10.0 Å². The van der Waals surface area contributed by atoms with Gasteiger partial charge in [-0.05, 0) is 17.7 Å². The average Bonchev–Trinajstić information content (AvgIpc) is 2.19. The van der Waals surface area contributed by atoms with Gasteiger partial charge < -0.3 is 10.5 Å². The lowest BCUT2D eigenvalue weighted by atomic mass is 9.99. The first-order valence-electron chi connectivity index (χ1n) is 4.41. The van der Waals surface area contributed by atoms with Gasteiger partial charge in [-0.2, -0.15) is 0 Å². The molecule has 0 radical (unpaired) electrons. The van der Waals surface area contributed by atoms with E-state index < -0.39 is 0 Å². The molecular formula is C10H10BrNO2. The van der Waals surface area contributed by atoms with Crippen LogP contribution in [0, 0.1) is 0 Å². The third-order valence-electron chi connectivity index (χ3n) is 2.31. The molecule has 74 valence electrons. The normalized spacial score (nSPS) is 20.1.